The van der Waals surface area contributed by atoms with Crippen molar-refractivity contribution in [1.29, 1.82) is 0 Å². The van der Waals surface area contributed by atoms with Crippen molar-refractivity contribution in [3.63, 3.8) is 0 Å². The van der Waals surface area contributed by atoms with E-state index in [0.717, 1.165) is 9.80 Å². The van der Waals surface area contributed by atoms with Crippen LogP contribution in [0.3, 0.4) is 0 Å². The van der Waals surface area contributed by atoms with Crippen LogP contribution in [0, 0.1) is 5.92 Å². The monoisotopic (exact) mass is 448 g/mol. The van der Waals surface area contributed by atoms with Crippen LogP contribution in [0.25, 0.3) is 0 Å². The Morgan fingerprint density at radius 1 is 0.955 bits per heavy atom. The molecule has 0 atom stereocenters. The molecule has 126 valence electrons. The van der Waals surface area contributed by atoms with Crippen LogP contribution >= 0.6 is 0 Å². The summed E-state index contributed by atoms with van der Waals surface area (Å²) >= 11 is -0.159. The Hall–Kier alpha value is 0.668. The quantitative estimate of drug-likeness (QED) is 0.356. The van der Waals surface area contributed by atoms with E-state index >= 15 is 0 Å². The van der Waals surface area contributed by atoms with Gasteiger partial charge < -0.3 is 2.85 Å². The van der Waals surface area contributed by atoms with E-state index in [9.17, 15) is 14.4 Å². The molecule has 1 heterocycles. The van der Waals surface area contributed by atoms with Gasteiger partial charge in [0.25, 0.3) is 0 Å². The number of rotatable bonds is 6. The van der Waals surface area contributed by atoms with Crippen LogP contribution in [-0.4, -0.2) is 101 Å². The summed E-state index contributed by atoms with van der Waals surface area (Å²) in [6.45, 7) is 6.08. The number of hydrogen-bond acceptors (Lipinski definition) is 3. The second-order valence-electron chi connectivity index (χ2n) is 5.57. The summed E-state index contributed by atoms with van der Waals surface area (Å²) in [6.07, 6.45) is 5.89. The van der Waals surface area contributed by atoms with E-state index in [1.165, 1.54) is 46.7 Å². The maximum Gasteiger partial charge on any atom is 2.00 e. The molecule has 4 amide bonds. The summed E-state index contributed by atoms with van der Waals surface area (Å²) in [5.41, 5.74) is 0. The zero-order chi connectivity index (χ0) is 16.4. The second kappa shape index (κ2) is 14.0. The molecule has 1 saturated heterocycles. The summed E-state index contributed by atoms with van der Waals surface area (Å²) in [5.74, 6) is -1.62. The van der Waals surface area contributed by atoms with Crippen LogP contribution in [0.4, 0.5) is 4.79 Å². The SMILES string of the molecule is CC1C(=O)N(C)C(=O)N(C)C1=O.CCC[CH2][SnH2][CH2]CCC.[Ca+2].[H-].[H-]. The van der Waals surface area contributed by atoms with Crippen molar-refractivity contribution in [2.75, 3.05) is 14.1 Å². The fourth-order valence-electron chi connectivity index (χ4n) is 2.13. The first-order valence-corrected chi connectivity index (χ1v) is 13.7. The molecule has 0 aromatic heterocycles. The minimum atomic E-state index is -0.738. The van der Waals surface area contributed by atoms with E-state index in [1.54, 1.807) is 8.87 Å². The van der Waals surface area contributed by atoms with E-state index in [2.05, 4.69) is 13.8 Å². The topological polar surface area (TPSA) is 57.7 Å². The number of amides is 4. The average Bonchev–Trinajstić information content (AvgIpc) is 2.50. The van der Waals surface area contributed by atoms with Crippen LogP contribution in [0.1, 0.15) is 49.3 Å². The number of nitrogens with zero attached hydrogens (tertiary/aromatic N) is 2. The molecule has 1 rings (SSSR count). The molecule has 1 fully saturated rings. The van der Waals surface area contributed by atoms with Gasteiger partial charge >= 0.3 is 113 Å². The molecule has 1 aliphatic heterocycles. The molecule has 0 saturated carbocycles. The van der Waals surface area contributed by atoms with Crippen molar-refractivity contribution in [3.05, 3.63) is 0 Å². The Balaban J connectivity index is -0.000000153. The maximum absolute atomic E-state index is 11.1. The Labute approximate surface area is 177 Å². The second-order valence-corrected chi connectivity index (χ2v) is 11.6. The minimum Gasteiger partial charge on any atom is -1.00 e. The van der Waals surface area contributed by atoms with Crippen molar-refractivity contribution in [2.45, 2.75) is 55.3 Å². The molecule has 0 bridgehead atoms. The van der Waals surface area contributed by atoms with Gasteiger partial charge in [-0.2, -0.15) is 0 Å². The van der Waals surface area contributed by atoms with Crippen molar-refractivity contribution in [3.8, 4) is 0 Å². The summed E-state index contributed by atoms with van der Waals surface area (Å²) in [4.78, 5) is 35.3. The number of carbonyl (C=O) groups is 3. The molecule has 0 unspecified atom stereocenters. The predicted molar refractivity (Wildman–Crippen MR) is 96.1 cm³/mol. The van der Waals surface area contributed by atoms with Crippen molar-refractivity contribution in [2.24, 2.45) is 5.92 Å². The first-order chi connectivity index (χ1) is 9.88. The molecular weight excluding hydrogens is 415 g/mol. The standard InChI is InChI=1S/C7H10N2O3.2C4H9.Ca.Sn.4H/c1-4-5(10)8(2)7(12)9(3)6(4)11;2*1-3-4-2;;;;;;/h4H,1-3H3;2*1,3-4H2,2H3;;;;;;/q;;;+2;;;;2*-1. The molecule has 0 aliphatic carbocycles. The van der Waals surface area contributed by atoms with Gasteiger partial charge in [0, 0.05) is 14.1 Å². The molecular formula is C15H32CaN2O3Sn. The summed E-state index contributed by atoms with van der Waals surface area (Å²) in [5, 5.41) is 0. The first kappa shape index (κ1) is 24.9. The molecule has 0 aromatic rings. The van der Waals surface area contributed by atoms with Crippen molar-refractivity contribution >= 4 is 76.7 Å². The van der Waals surface area contributed by atoms with Crippen LogP contribution in [0.2, 0.25) is 8.87 Å². The summed E-state index contributed by atoms with van der Waals surface area (Å²) in [6, 6.07) is -0.567. The van der Waals surface area contributed by atoms with E-state index in [1.807, 2.05) is 0 Å². The summed E-state index contributed by atoms with van der Waals surface area (Å²) < 4.78 is 3.33. The molecule has 0 spiro atoms. The zero-order valence-corrected chi connectivity index (χ0v) is 21.1. The van der Waals surface area contributed by atoms with Crippen LogP contribution in [0.15, 0.2) is 0 Å². The van der Waals surface area contributed by atoms with Gasteiger partial charge in [-0.3, -0.25) is 19.4 Å². The van der Waals surface area contributed by atoms with Gasteiger partial charge in [-0.1, -0.05) is 0 Å². The first-order valence-electron chi connectivity index (χ1n) is 7.97. The van der Waals surface area contributed by atoms with E-state index in [0.29, 0.717) is 0 Å². The zero-order valence-electron chi connectivity index (χ0n) is 16.9. The maximum atomic E-state index is 11.1. The number of barbiturate groups is 1. The number of unbranched alkanes of at least 4 members (excludes halogenated alkanes) is 2. The van der Waals surface area contributed by atoms with Gasteiger partial charge in [-0.15, -0.1) is 0 Å². The minimum absolute atomic E-state index is 0. The smallest absolute Gasteiger partial charge is 1.00 e. The number of carbonyl (C=O) groups excluding carboxylic acids is 3. The largest absolute Gasteiger partial charge is 2.00 e. The molecule has 0 radical (unpaired) electrons. The normalized spacial score (nSPS) is 15.4. The Bertz CT molecular complexity index is 310. The van der Waals surface area contributed by atoms with Gasteiger partial charge in [-0.05, 0) is 6.92 Å². The third kappa shape index (κ3) is 8.50. The average molecular weight is 447 g/mol. The van der Waals surface area contributed by atoms with Crippen molar-refractivity contribution in [1.82, 2.24) is 9.80 Å². The van der Waals surface area contributed by atoms with Gasteiger partial charge in [0.05, 0.1) is 0 Å². The van der Waals surface area contributed by atoms with Gasteiger partial charge in [0.15, 0.2) is 0 Å². The molecule has 0 aromatic carbocycles. The van der Waals surface area contributed by atoms with E-state index in [-0.39, 0.29) is 61.7 Å². The Morgan fingerprint density at radius 2 is 1.32 bits per heavy atom. The number of imide groups is 2. The summed E-state index contributed by atoms with van der Waals surface area (Å²) in [7, 11) is 2.73. The fourth-order valence-corrected chi connectivity index (χ4v) is 8.01. The van der Waals surface area contributed by atoms with E-state index in [4.69, 9.17) is 0 Å². The number of urea groups is 1. The fraction of sp³-hybridized carbons (Fsp3) is 0.800. The molecule has 1 aliphatic rings. The molecule has 0 N–H and O–H groups in total. The Morgan fingerprint density at radius 3 is 1.64 bits per heavy atom. The predicted octanol–water partition coefficient (Wildman–Crippen LogP) is 2.11. The van der Waals surface area contributed by atoms with Crippen LogP contribution < -0.4 is 0 Å². The molecule has 7 heteroatoms. The van der Waals surface area contributed by atoms with Crippen LogP contribution in [-0.2, 0) is 9.59 Å². The van der Waals surface area contributed by atoms with Crippen molar-refractivity contribution < 1.29 is 17.2 Å². The van der Waals surface area contributed by atoms with Gasteiger partial charge in [-0.25, -0.2) is 4.79 Å². The van der Waals surface area contributed by atoms with Gasteiger partial charge in [0.2, 0.25) is 11.8 Å². The van der Waals surface area contributed by atoms with Gasteiger partial charge in [0.1, 0.15) is 5.92 Å². The third-order valence-corrected chi connectivity index (χ3v) is 9.39. The molecule has 5 nitrogen and oxygen atoms in total. The van der Waals surface area contributed by atoms with E-state index < -0.39 is 23.8 Å². The number of hydrogen-bond donors (Lipinski definition) is 0. The molecule has 22 heavy (non-hydrogen) atoms. The van der Waals surface area contributed by atoms with Crippen LogP contribution in [0.5, 0.6) is 0 Å². The Kier molecular flexibility index (Phi) is 15.9. The third-order valence-electron chi connectivity index (χ3n) is 3.68.